The van der Waals surface area contributed by atoms with Gasteiger partial charge in [0.05, 0.1) is 32.2 Å². The van der Waals surface area contributed by atoms with Crippen LogP contribution >= 0.6 is 0 Å². The van der Waals surface area contributed by atoms with Crippen molar-refractivity contribution in [3.05, 3.63) is 47.8 Å². The number of fused-ring (bicyclic) bond motifs is 1. The van der Waals surface area contributed by atoms with Crippen LogP contribution in [-0.2, 0) is 9.53 Å². The highest BCUT2D eigenvalue weighted by molar-refractivity contribution is 6.08. The van der Waals surface area contributed by atoms with Gasteiger partial charge in [0.2, 0.25) is 5.96 Å². The van der Waals surface area contributed by atoms with Gasteiger partial charge in [0, 0.05) is 23.2 Å². The lowest BCUT2D eigenvalue weighted by Crippen LogP contribution is -2.26. The van der Waals surface area contributed by atoms with E-state index >= 15 is 0 Å². The Morgan fingerprint density at radius 2 is 1.90 bits per heavy atom. The number of aliphatic imine (C=N–C) groups is 1. The van der Waals surface area contributed by atoms with Gasteiger partial charge in [-0.15, -0.1) is 0 Å². The van der Waals surface area contributed by atoms with Crippen LogP contribution < -0.4 is 25.4 Å². The fraction of sp³-hybridized carbons (Fsp3) is 0.484. The third kappa shape index (κ3) is 8.53. The summed E-state index contributed by atoms with van der Waals surface area (Å²) in [6.07, 6.45) is 4.97. The smallest absolute Gasteiger partial charge is 0.308 e. The summed E-state index contributed by atoms with van der Waals surface area (Å²) in [6, 6.07) is 10.3. The average Bonchev–Trinajstić information content (AvgIpc) is 3.43. The lowest BCUT2D eigenvalue weighted by molar-refractivity contribution is -0.154. The third-order valence-corrected chi connectivity index (χ3v) is 6.77. The Morgan fingerprint density at radius 3 is 2.59 bits per heavy atom. The summed E-state index contributed by atoms with van der Waals surface area (Å²) in [5.74, 6) is 1.93. The second-order valence-corrected chi connectivity index (χ2v) is 11.3. The Kier molecular flexibility index (Phi) is 9.99. The summed E-state index contributed by atoms with van der Waals surface area (Å²) in [5.41, 5.74) is 3.22. The number of guanidine groups is 1. The number of carbonyl (C=O) groups excluding carboxylic acids is 1. The van der Waals surface area contributed by atoms with E-state index in [1.165, 1.54) is 19.2 Å². The molecule has 1 aromatic heterocycles. The summed E-state index contributed by atoms with van der Waals surface area (Å²) in [5, 5.41) is 11.0. The van der Waals surface area contributed by atoms with Crippen molar-refractivity contribution in [2.45, 2.75) is 71.9 Å². The maximum Gasteiger partial charge on any atom is 0.308 e. The number of hydrogen-bond acceptors (Lipinski definition) is 8. The molecule has 0 bridgehead atoms. The zero-order valence-corrected chi connectivity index (χ0v) is 25.0. The number of benzene rings is 2. The lowest BCUT2D eigenvalue weighted by Gasteiger charge is -2.19. The maximum atomic E-state index is 12.3. The number of hydrogen-bond donors (Lipinski definition) is 3. The summed E-state index contributed by atoms with van der Waals surface area (Å²) in [7, 11) is 1.62. The van der Waals surface area contributed by atoms with Crippen molar-refractivity contribution in [3.63, 3.8) is 0 Å². The topological polar surface area (TPSA) is 119 Å². The van der Waals surface area contributed by atoms with Gasteiger partial charge in [-0.25, -0.2) is 9.97 Å². The third-order valence-electron chi connectivity index (χ3n) is 6.77. The number of rotatable bonds is 10. The first kappa shape index (κ1) is 30.0. The Labute approximate surface area is 242 Å². The predicted molar refractivity (Wildman–Crippen MR) is 163 cm³/mol. The van der Waals surface area contributed by atoms with E-state index in [1.54, 1.807) is 7.11 Å². The summed E-state index contributed by atoms with van der Waals surface area (Å²) in [6.45, 7) is 11.5. The van der Waals surface area contributed by atoms with Crippen LogP contribution in [0.15, 0.2) is 41.7 Å². The number of nitrogens with zero attached hydrogens (tertiary/aromatic N) is 3. The van der Waals surface area contributed by atoms with Gasteiger partial charge >= 0.3 is 5.97 Å². The molecule has 1 fully saturated rings. The number of esters is 1. The minimum Gasteiger partial charge on any atom is -0.493 e. The summed E-state index contributed by atoms with van der Waals surface area (Å²) in [4.78, 5) is 26.0. The van der Waals surface area contributed by atoms with E-state index in [9.17, 15) is 4.79 Å². The highest BCUT2D eigenvalue weighted by atomic mass is 16.6. The number of methoxy groups -OCH3 is 1. The first-order valence-corrected chi connectivity index (χ1v) is 14.2. The molecule has 220 valence electrons. The first-order chi connectivity index (χ1) is 19.6. The molecule has 4 rings (SSSR count). The van der Waals surface area contributed by atoms with Crippen LogP contribution in [0.4, 0.5) is 11.5 Å². The molecular formula is C31H42N6O4. The molecule has 0 radical (unpaired) electrons. The van der Waals surface area contributed by atoms with Crippen LogP contribution in [0.1, 0.15) is 57.6 Å². The van der Waals surface area contributed by atoms with Gasteiger partial charge in [-0.2, -0.15) is 0 Å². The number of ether oxygens (including phenoxy) is 3. The second kappa shape index (κ2) is 13.6. The van der Waals surface area contributed by atoms with E-state index < -0.39 is 5.60 Å². The molecule has 2 heterocycles. The van der Waals surface area contributed by atoms with Crippen molar-refractivity contribution in [2.75, 3.05) is 37.4 Å². The number of anilines is 2. The van der Waals surface area contributed by atoms with E-state index in [4.69, 9.17) is 14.2 Å². The Morgan fingerprint density at radius 1 is 1.12 bits per heavy atom. The minimum absolute atomic E-state index is 0.145. The average molecular weight is 563 g/mol. The number of para-hydroxylation sites is 1. The Balaban J connectivity index is 1.58. The summed E-state index contributed by atoms with van der Waals surface area (Å²) < 4.78 is 17.2. The maximum absolute atomic E-state index is 12.3. The molecule has 1 unspecified atom stereocenters. The molecule has 1 atom stereocenters. The fourth-order valence-electron chi connectivity index (χ4n) is 4.75. The van der Waals surface area contributed by atoms with Crippen LogP contribution in [-0.4, -0.2) is 60.3 Å². The molecule has 10 nitrogen and oxygen atoms in total. The van der Waals surface area contributed by atoms with Crippen LogP contribution in [0.2, 0.25) is 0 Å². The molecule has 1 saturated heterocycles. The van der Waals surface area contributed by atoms with Gasteiger partial charge in [-0.3, -0.25) is 9.79 Å². The minimum atomic E-state index is -0.548. The molecule has 41 heavy (non-hydrogen) atoms. The van der Waals surface area contributed by atoms with Crippen molar-refractivity contribution in [3.8, 4) is 11.5 Å². The van der Waals surface area contributed by atoms with E-state index in [1.807, 2.05) is 65.0 Å². The molecule has 0 saturated carbocycles. The number of nitrogens with one attached hydrogen (secondary N) is 3. The molecular weight excluding hydrogens is 520 g/mol. The second-order valence-electron chi connectivity index (χ2n) is 11.3. The molecule has 1 aliphatic heterocycles. The zero-order chi connectivity index (χ0) is 29.4. The van der Waals surface area contributed by atoms with Crippen molar-refractivity contribution in [1.82, 2.24) is 15.3 Å². The standard InChI is InChI=1S/C31H42N6O4/c1-20-9-7-10-21(2)28(20)36-30(33-15-12-27(38)41-31(3,4)5)37-29-23-17-25(39-6)26(18-24(23)34-19-35-29)40-16-13-22-11-8-14-32-22/h7,9-10,17-19,22,32H,8,11-16H2,1-6H3,(H2,33,34,35,36,37). The zero-order valence-electron chi connectivity index (χ0n) is 25.0. The number of aromatic nitrogens is 2. The molecule has 3 N–H and O–H groups in total. The van der Waals surface area contributed by atoms with E-state index in [-0.39, 0.29) is 18.9 Å². The molecule has 0 aliphatic carbocycles. The van der Waals surface area contributed by atoms with Gasteiger partial charge in [0.25, 0.3) is 0 Å². The molecule has 2 aromatic carbocycles. The van der Waals surface area contributed by atoms with Gasteiger partial charge in [0.1, 0.15) is 17.7 Å². The van der Waals surface area contributed by atoms with Gasteiger partial charge in [-0.1, -0.05) is 18.2 Å². The normalized spacial score (nSPS) is 15.6. The first-order valence-electron chi connectivity index (χ1n) is 14.2. The summed E-state index contributed by atoms with van der Waals surface area (Å²) >= 11 is 0. The quantitative estimate of drug-likeness (QED) is 0.170. The lowest BCUT2D eigenvalue weighted by atomic mass is 10.1. The predicted octanol–water partition coefficient (Wildman–Crippen LogP) is 5.39. The highest BCUT2D eigenvalue weighted by Crippen LogP contribution is 2.34. The van der Waals surface area contributed by atoms with Crippen LogP contribution in [0.5, 0.6) is 11.5 Å². The van der Waals surface area contributed by atoms with Crippen molar-refractivity contribution in [1.29, 1.82) is 0 Å². The molecule has 0 spiro atoms. The van der Waals surface area contributed by atoms with Gasteiger partial charge < -0.3 is 30.2 Å². The molecule has 10 heteroatoms. The molecule has 0 amide bonds. The van der Waals surface area contributed by atoms with Crippen molar-refractivity contribution in [2.24, 2.45) is 4.99 Å². The molecule has 1 aliphatic rings. The van der Waals surface area contributed by atoms with Crippen LogP contribution in [0.25, 0.3) is 10.9 Å². The fourth-order valence-corrected chi connectivity index (χ4v) is 4.75. The monoisotopic (exact) mass is 562 g/mol. The highest BCUT2D eigenvalue weighted by Gasteiger charge is 2.18. The SMILES string of the molecule is COc1cc2c(NC(=NCCC(=O)OC(C)(C)C)Nc3c(C)cccc3C)ncnc2cc1OCCC1CCCN1. The molecule has 3 aromatic rings. The number of aryl methyl sites for hydroxylation is 2. The van der Waals surface area contributed by atoms with Crippen molar-refractivity contribution < 1.29 is 19.0 Å². The van der Waals surface area contributed by atoms with Crippen LogP contribution in [0, 0.1) is 13.8 Å². The van der Waals surface area contributed by atoms with Gasteiger partial charge in [-0.05, 0) is 77.6 Å². The van der Waals surface area contributed by atoms with E-state index in [2.05, 4.69) is 30.9 Å². The Bertz CT molecular complexity index is 1360. The Hall–Kier alpha value is -3.92. The van der Waals surface area contributed by atoms with E-state index in [0.29, 0.717) is 41.4 Å². The number of carbonyl (C=O) groups is 1. The van der Waals surface area contributed by atoms with Crippen LogP contribution in [0.3, 0.4) is 0 Å². The largest absolute Gasteiger partial charge is 0.493 e. The van der Waals surface area contributed by atoms with Gasteiger partial charge in [0.15, 0.2) is 11.5 Å². The van der Waals surface area contributed by atoms with Crippen molar-refractivity contribution >= 4 is 34.3 Å². The van der Waals surface area contributed by atoms with E-state index in [0.717, 1.165) is 35.2 Å².